The molecule has 0 fully saturated rings. The van der Waals surface area contributed by atoms with Crippen LogP contribution in [0.4, 0.5) is 30.2 Å². The number of aromatic hydroxyl groups is 1. The van der Waals surface area contributed by atoms with E-state index in [2.05, 4.69) is 10.5 Å². The standard InChI is InChI=1S/C29H18F3N3O6/c30-29(31,32)17-7-9-20-22(12-17)35(18-8-10-23-24(13-18)41-14-40-23)27(37)25(20)34-33-21-6-2-5-19(26(21)36)15-3-1-4-16(11-15)28(38)39/h1-13,33,36H,14H2,(H,38,39)/b34-25-. The van der Waals surface area contributed by atoms with E-state index in [1.165, 1.54) is 36.4 Å². The van der Waals surface area contributed by atoms with E-state index in [9.17, 15) is 33.0 Å². The van der Waals surface area contributed by atoms with E-state index in [1.807, 2.05) is 0 Å². The van der Waals surface area contributed by atoms with E-state index in [0.717, 1.165) is 23.1 Å². The molecule has 9 nitrogen and oxygen atoms in total. The minimum atomic E-state index is -4.65. The van der Waals surface area contributed by atoms with Crippen molar-refractivity contribution in [1.29, 1.82) is 0 Å². The van der Waals surface area contributed by atoms with Crippen LogP contribution in [0.2, 0.25) is 0 Å². The number of rotatable bonds is 5. The molecule has 0 unspecified atom stereocenters. The van der Waals surface area contributed by atoms with E-state index < -0.39 is 23.6 Å². The fourth-order valence-electron chi connectivity index (χ4n) is 4.61. The summed E-state index contributed by atoms with van der Waals surface area (Å²) in [5, 5.41) is 24.4. The van der Waals surface area contributed by atoms with Gasteiger partial charge in [0.2, 0.25) is 6.79 Å². The number of anilines is 3. The van der Waals surface area contributed by atoms with Crippen LogP contribution in [-0.4, -0.2) is 34.6 Å². The minimum absolute atomic E-state index is 0.0236. The molecule has 4 aromatic carbocycles. The Bertz CT molecular complexity index is 1770. The molecular weight excluding hydrogens is 543 g/mol. The van der Waals surface area contributed by atoms with Gasteiger partial charge < -0.3 is 19.7 Å². The number of para-hydroxylation sites is 1. The molecule has 0 atom stereocenters. The minimum Gasteiger partial charge on any atom is -0.505 e. The van der Waals surface area contributed by atoms with Crippen molar-refractivity contribution in [3.05, 3.63) is 95.6 Å². The van der Waals surface area contributed by atoms with E-state index in [0.29, 0.717) is 22.6 Å². The number of hydrogen-bond acceptors (Lipinski definition) is 7. The first-order valence-corrected chi connectivity index (χ1v) is 12.1. The molecule has 0 saturated carbocycles. The molecule has 0 aromatic heterocycles. The Morgan fingerprint density at radius 1 is 0.927 bits per heavy atom. The number of nitrogens with one attached hydrogen (secondary N) is 1. The zero-order valence-electron chi connectivity index (χ0n) is 20.8. The third-order valence-electron chi connectivity index (χ3n) is 6.59. The van der Waals surface area contributed by atoms with E-state index >= 15 is 0 Å². The highest BCUT2D eigenvalue weighted by atomic mass is 19.4. The van der Waals surface area contributed by atoms with Crippen LogP contribution in [0.25, 0.3) is 11.1 Å². The highest BCUT2D eigenvalue weighted by molar-refractivity contribution is 6.55. The summed E-state index contributed by atoms with van der Waals surface area (Å²) in [4.78, 5) is 26.1. The fraction of sp³-hybridized carbons (Fsp3) is 0.0690. The number of hydrazone groups is 1. The number of benzene rings is 4. The van der Waals surface area contributed by atoms with Crippen molar-refractivity contribution in [1.82, 2.24) is 0 Å². The second-order valence-electron chi connectivity index (χ2n) is 9.07. The van der Waals surface area contributed by atoms with Crippen LogP contribution < -0.4 is 19.8 Å². The van der Waals surface area contributed by atoms with Crippen molar-refractivity contribution < 1.29 is 42.4 Å². The largest absolute Gasteiger partial charge is 0.505 e. The quantitative estimate of drug-likeness (QED) is 0.202. The Balaban J connectivity index is 1.40. The highest BCUT2D eigenvalue weighted by Gasteiger charge is 2.39. The number of carboxylic acid groups (broad SMARTS) is 1. The first-order chi connectivity index (χ1) is 19.6. The molecular formula is C29H18F3N3O6. The molecule has 3 N–H and O–H groups in total. The number of hydrogen-bond donors (Lipinski definition) is 3. The molecule has 6 rings (SSSR count). The molecule has 0 aliphatic carbocycles. The Morgan fingerprint density at radius 3 is 2.49 bits per heavy atom. The van der Waals surface area contributed by atoms with Crippen LogP contribution in [-0.2, 0) is 11.0 Å². The number of nitrogens with zero attached hydrogens (tertiary/aromatic N) is 2. The van der Waals surface area contributed by atoms with Gasteiger partial charge in [-0.2, -0.15) is 18.3 Å². The molecule has 206 valence electrons. The number of carbonyl (C=O) groups excluding carboxylic acids is 1. The van der Waals surface area contributed by atoms with Crippen LogP contribution in [0.1, 0.15) is 21.5 Å². The maximum atomic E-state index is 13.6. The third kappa shape index (κ3) is 4.54. The van der Waals surface area contributed by atoms with Gasteiger partial charge in [-0.3, -0.25) is 15.1 Å². The fourth-order valence-corrected chi connectivity index (χ4v) is 4.61. The predicted octanol–water partition coefficient (Wildman–Crippen LogP) is 6.00. The molecule has 0 spiro atoms. The van der Waals surface area contributed by atoms with E-state index in [1.54, 1.807) is 24.3 Å². The van der Waals surface area contributed by atoms with Gasteiger partial charge in [0, 0.05) is 17.2 Å². The third-order valence-corrected chi connectivity index (χ3v) is 6.59. The molecule has 2 heterocycles. The number of carboxylic acids is 1. The second kappa shape index (κ2) is 9.59. The van der Waals surface area contributed by atoms with Gasteiger partial charge in [0.15, 0.2) is 17.2 Å². The first kappa shape index (κ1) is 25.7. The number of carbonyl (C=O) groups is 2. The van der Waals surface area contributed by atoms with Gasteiger partial charge in [0.05, 0.1) is 28.2 Å². The van der Waals surface area contributed by atoms with Gasteiger partial charge >= 0.3 is 12.1 Å². The Hall–Kier alpha value is -5.52. The van der Waals surface area contributed by atoms with Crippen LogP contribution in [0.3, 0.4) is 0 Å². The number of halogens is 3. The van der Waals surface area contributed by atoms with Crippen molar-refractivity contribution in [3.63, 3.8) is 0 Å². The summed E-state index contributed by atoms with van der Waals surface area (Å²) in [6.07, 6.45) is -4.65. The topological polar surface area (TPSA) is 121 Å². The molecule has 41 heavy (non-hydrogen) atoms. The summed E-state index contributed by atoms with van der Waals surface area (Å²) in [6.45, 7) is -0.0265. The molecule has 0 radical (unpaired) electrons. The van der Waals surface area contributed by atoms with E-state index in [-0.39, 0.29) is 46.4 Å². The van der Waals surface area contributed by atoms with Crippen LogP contribution >= 0.6 is 0 Å². The summed E-state index contributed by atoms with van der Waals surface area (Å²) < 4.78 is 51.4. The van der Waals surface area contributed by atoms with Crippen molar-refractivity contribution in [3.8, 4) is 28.4 Å². The number of alkyl halides is 3. The van der Waals surface area contributed by atoms with Crippen molar-refractivity contribution in [2.75, 3.05) is 17.1 Å². The summed E-state index contributed by atoms with van der Waals surface area (Å²) in [6, 6.07) is 18.1. The number of ether oxygens (including phenoxy) is 2. The number of amides is 1. The summed E-state index contributed by atoms with van der Waals surface area (Å²) >= 11 is 0. The smallest absolute Gasteiger partial charge is 0.416 e. The summed E-state index contributed by atoms with van der Waals surface area (Å²) in [5.41, 5.74) is 2.68. The van der Waals surface area contributed by atoms with Crippen LogP contribution in [0.5, 0.6) is 17.2 Å². The lowest BCUT2D eigenvalue weighted by Gasteiger charge is -2.18. The number of phenolic OH excluding ortho intramolecular Hbond substituents is 1. The van der Waals surface area contributed by atoms with Crippen LogP contribution in [0.15, 0.2) is 84.0 Å². The van der Waals surface area contributed by atoms with Gasteiger partial charge in [-0.05, 0) is 54.1 Å². The lowest BCUT2D eigenvalue weighted by atomic mass is 10.0. The van der Waals surface area contributed by atoms with Crippen LogP contribution in [0, 0.1) is 0 Å². The normalized spacial score (nSPS) is 14.9. The molecule has 1 amide bonds. The summed E-state index contributed by atoms with van der Waals surface area (Å²) in [7, 11) is 0. The number of phenols is 1. The van der Waals surface area contributed by atoms with Gasteiger partial charge in [-0.25, -0.2) is 4.79 Å². The van der Waals surface area contributed by atoms with E-state index in [4.69, 9.17) is 9.47 Å². The molecule has 0 saturated heterocycles. The average molecular weight is 561 g/mol. The Kier molecular flexibility index (Phi) is 6.02. The molecule has 2 aliphatic heterocycles. The Morgan fingerprint density at radius 2 is 1.71 bits per heavy atom. The van der Waals surface area contributed by atoms with Crippen molar-refractivity contribution >= 4 is 34.7 Å². The van der Waals surface area contributed by atoms with Crippen molar-refractivity contribution in [2.45, 2.75) is 6.18 Å². The van der Waals surface area contributed by atoms with Gasteiger partial charge in [-0.15, -0.1) is 0 Å². The van der Waals surface area contributed by atoms with Gasteiger partial charge in [0.1, 0.15) is 5.75 Å². The lowest BCUT2D eigenvalue weighted by Crippen LogP contribution is -2.26. The van der Waals surface area contributed by atoms with Crippen molar-refractivity contribution in [2.24, 2.45) is 5.10 Å². The average Bonchev–Trinajstić information content (AvgIpc) is 3.53. The lowest BCUT2D eigenvalue weighted by molar-refractivity contribution is -0.137. The molecule has 12 heteroatoms. The monoisotopic (exact) mass is 561 g/mol. The Labute approximate surface area is 229 Å². The zero-order valence-corrected chi connectivity index (χ0v) is 20.8. The molecule has 2 aliphatic rings. The highest BCUT2D eigenvalue weighted by Crippen LogP contribution is 2.43. The summed E-state index contributed by atoms with van der Waals surface area (Å²) in [5.74, 6) is -1.35. The molecule has 0 bridgehead atoms. The number of aromatic carboxylic acids is 1. The first-order valence-electron chi connectivity index (χ1n) is 12.1. The SMILES string of the molecule is O=C(O)c1cccc(-c2cccc(N/N=C3\C(=O)N(c4ccc5c(c4)OCO5)c4cc(C(F)(F)F)ccc43)c2O)c1. The second-order valence-corrected chi connectivity index (χ2v) is 9.07. The van der Waals surface area contributed by atoms with Gasteiger partial charge in [-0.1, -0.05) is 24.3 Å². The molecule has 4 aromatic rings. The van der Waals surface area contributed by atoms with Gasteiger partial charge in [0.25, 0.3) is 5.91 Å². The predicted molar refractivity (Wildman–Crippen MR) is 142 cm³/mol. The number of fused-ring (bicyclic) bond motifs is 2. The zero-order chi connectivity index (χ0) is 28.9. The maximum Gasteiger partial charge on any atom is 0.416 e. The maximum absolute atomic E-state index is 13.6.